The summed E-state index contributed by atoms with van der Waals surface area (Å²) in [5, 5.41) is -0.708. The number of hydrogen-bond donors (Lipinski definition) is 0. The number of aromatic nitrogens is 2. The van der Waals surface area contributed by atoms with Crippen molar-refractivity contribution in [2.24, 2.45) is 0 Å². The molecule has 0 fully saturated rings. The molecule has 11 rings (SSSR count). The van der Waals surface area contributed by atoms with Crippen LogP contribution < -0.4 is 14.5 Å². The zero-order valence-electron chi connectivity index (χ0n) is 65.3. The largest absolute Gasteiger partial charge is 0.509 e. The molecule has 0 saturated heterocycles. The number of fused-ring (bicyclic) bond motifs is 4. The third kappa shape index (κ3) is 10.0. The molecular formula is C70H67N4OPt-3. The Bertz CT molecular complexity index is 4950. The number of rotatable bonds is 8. The first-order valence-corrected chi connectivity index (χ1v) is 24.7. The van der Waals surface area contributed by atoms with Crippen LogP contribution in [0.1, 0.15) is 134 Å². The molecule has 0 unspecified atom stereocenters. The summed E-state index contributed by atoms with van der Waals surface area (Å²) in [5.74, 6) is -1.62. The smallest absolute Gasteiger partial charge is 0.135 e. The SMILES string of the molecule is [2H]c1nc(-n2c3[c-]c(Oc4[c-]c(N5[CH-]N(c6c(-c7cc(C(C)(C)C)cc(C(C)(C)C)c7)cc(C(C)(C)C)cc6-c6c([2H])c([2H])c([2H])c([2H])c6[2H])c6ccccc65)c([2H])c([2H])c4[2H])c([2H])c([2H])c3c3c([2H])c(-c4c([2H])c([2H])c([2H])c([2H])c4[2H])c([2H])c([2H])c32)c([2H])c(C(C)(C)C)c1[2H].[Pt]. The molecule has 0 amide bonds. The van der Waals surface area contributed by atoms with Crippen molar-refractivity contribution in [3.8, 4) is 50.7 Å². The molecule has 386 valence electrons. The molecule has 0 bridgehead atoms. The van der Waals surface area contributed by atoms with E-state index in [0.717, 1.165) is 26.8 Å². The number of pyridine rings is 1. The molecule has 1 aliphatic heterocycles. The number of para-hydroxylation sites is 2. The Morgan fingerprint density at radius 2 is 1.08 bits per heavy atom. The van der Waals surface area contributed by atoms with E-state index < -0.39 is 172 Å². The van der Waals surface area contributed by atoms with Crippen LogP contribution in [0.15, 0.2) is 182 Å². The minimum atomic E-state index is -0.993. The fourth-order valence-corrected chi connectivity index (χ4v) is 8.97. The number of ether oxygens (including phenoxy) is 1. The van der Waals surface area contributed by atoms with Gasteiger partial charge in [0.2, 0.25) is 0 Å². The van der Waals surface area contributed by atoms with Crippen LogP contribution in [0.3, 0.4) is 0 Å². The quantitative estimate of drug-likeness (QED) is 0.142. The molecule has 0 saturated carbocycles. The summed E-state index contributed by atoms with van der Waals surface area (Å²) in [6.07, 6.45) is -0.619. The predicted molar refractivity (Wildman–Crippen MR) is 315 cm³/mol. The number of anilines is 4. The Labute approximate surface area is 495 Å². The molecule has 0 aliphatic carbocycles. The minimum absolute atomic E-state index is 0. The van der Waals surface area contributed by atoms with E-state index in [1.54, 1.807) is 56.6 Å². The fraction of sp³-hybridized carbons (Fsp3) is 0.229. The van der Waals surface area contributed by atoms with Crippen LogP contribution in [-0.2, 0) is 42.7 Å². The first-order valence-electron chi connectivity index (χ1n) is 35.2. The van der Waals surface area contributed by atoms with Crippen molar-refractivity contribution in [2.75, 3.05) is 9.80 Å². The zero-order valence-corrected chi connectivity index (χ0v) is 46.6. The average Bonchev–Trinajstić information content (AvgIpc) is 1.59. The van der Waals surface area contributed by atoms with Gasteiger partial charge in [-0.25, -0.2) is 4.98 Å². The summed E-state index contributed by atoms with van der Waals surface area (Å²) in [6.45, 7) is 25.4. The molecule has 6 heteroatoms. The summed E-state index contributed by atoms with van der Waals surface area (Å²) in [4.78, 5) is 7.67. The van der Waals surface area contributed by atoms with Crippen molar-refractivity contribution in [3.05, 3.63) is 223 Å². The van der Waals surface area contributed by atoms with Gasteiger partial charge < -0.3 is 19.1 Å². The Hall–Kier alpha value is -7.20. The van der Waals surface area contributed by atoms with E-state index in [4.69, 9.17) is 18.4 Å². The second-order valence-electron chi connectivity index (χ2n) is 22.8. The Kier molecular flexibility index (Phi) is 8.41. The van der Waals surface area contributed by atoms with Crippen LogP contribution in [0.5, 0.6) is 11.5 Å². The third-order valence-electron chi connectivity index (χ3n) is 13.2. The van der Waals surface area contributed by atoms with E-state index in [-0.39, 0.29) is 70.6 Å². The molecular weight excluding hydrogens is 1110 g/mol. The van der Waals surface area contributed by atoms with Gasteiger partial charge in [-0.05, 0) is 118 Å². The van der Waals surface area contributed by atoms with E-state index in [1.807, 2.05) is 32.9 Å². The maximum Gasteiger partial charge on any atom is 0.135 e. The maximum absolute atomic E-state index is 9.79. The second kappa shape index (κ2) is 19.7. The molecule has 0 N–H and O–H groups in total. The minimum Gasteiger partial charge on any atom is -0.509 e. The van der Waals surface area contributed by atoms with Gasteiger partial charge in [0, 0.05) is 75.2 Å². The van der Waals surface area contributed by atoms with Crippen molar-refractivity contribution < 1.29 is 54.6 Å². The standard InChI is InChI=1S/C70H67N4O.Pt/c1-67(2,3)50-34-35-71-65(42-50)74-61-33-30-48(46-22-15-13-16-23-46)38-60(61)57-32-31-56(44-64(57)74)75-55-27-21-26-54(43-55)72-45-73(63-29-20-19-28-62(63)72)66-58(47-24-17-14-18-25-47)40-53(70(10,11)12)41-59(66)49-36-51(68(4,5)6)39-52(37-49)69(7,8)9;/h13-42,45H,1-12H3;/q-3;/i13D,14D,15D,16D,17D,18D,21D,22D,23D,24D,25D,26D,27D,30D,31D,32D,33D,34D,35D,38D,42D;. The molecule has 2 aromatic heterocycles. The number of hydrogen-bond acceptors (Lipinski definition) is 4. The van der Waals surface area contributed by atoms with Gasteiger partial charge in [-0.15, -0.1) is 48.0 Å². The molecule has 10 aromatic rings. The Morgan fingerprint density at radius 1 is 0.500 bits per heavy atom. The van der Waals surface area contributed by atoms with Gasteiger partial charge in [-0.2, -0.15) is 12.1 Å². The summed E-state index contributed by atoms with van der Waals surface area (Å²) in [6, 6.07) is 10.2. The van der Waals surface area contributed by atoms with Crippen molar-refractivity contribution in [3.63, 3.8) is 0 Å². The van der Waals surface area contributed by atoms with Gasteiger partial charge in [0.1, 0.15) is 5.82 Å². The summed E-state index contributed by atoms with van der Waals surface area (Å²) < 4.78 is 200. The normalized spacial score (nSPS) is 16.9. The monoisotopic (exact) mass is 1200 g/mol. The first-order chi connectivity index (χ1) is 44.4. The van der Waals surface area contributed by atoms with E-state index in [9.17, 15) is 15.1 Å². The van der Waals surface area contributed by atoms with Gasteiger partial charge in [-0.1, -0.05) is 191 Å². The zero-order chi connectivity index (χ0) is 70.9. The summed E-state index contributed by atoms with van der Waals surface area (Å²) in [5.41, 5.74) is 1.22. The third-order valence-corrected chi connectivity index (χ3v) is 13.2. The molecule has 3 heterocycles. The van der Waals surface area contributed by atoms with Gasteiger partial charge in [0.15, 0.2) is 0 Å². The fourth-order valence-electron chi connectivity index (χ4n) is 8.97. The van der Waals surface area contributed by atoms with Crippen LogP contribution in [0.4, 0.5) is 22.7 Å². The molecule has 5 nitrogen and oxygen atoms in total. The maximum atomic E-state index is 9.79. The van der Waals surface area contributed by atoms with Gasteiger partial charge in [0.05, 0.1) is 21.9 Å². The van der Waals surface area contributed by atoms with Crippen LogP contribution in [0.25, 0.3) is 61.0 Å². The van der Waals surface area contributed by atoms with E-state index in [1.165, 1.54) is 4.90 Å². The Balaban J connectivity index is 0.0000102. The van der Waals surface area contributed by atoms with Crippen molar-refractivity contribution >= 4 is 44.6 Å². The van der Waals surface area contributed by atoms with Crippen LogP contribution in [0, 0.1) is 18.8 Å². The Morgan fingerprint density at radius 3 is 1.71 bits per heavy atom. The average molecular weight is 1200 g/mol. The molecule has 1 aliphatic rings. The number of benzene rings is 8. The summed E-state index contributed by atoms with van der Waals surface area (Å²) >= 11 is 0. The number of nitrogens with zero attached hydrogens (tertiary/aromatic N) is 4. The molecule has 76 heavy (non-hydrogen) atoms. The van der Waals surface area contributed by atoms with Gasteiger partial charge in [-0.3, -0.25) is 0 Å². The molecule has 0 atom stereocenters. The molecule has 8 aromatic carbocycles. The molecule has 0 radical (unpaired) electrons. The van der Waals surface area contributed by atoms with Crippen LogP contribution in [-0.4, -0.2) is 9.55 Å². The van der Waals surface area contributed by atoms with E-state index in [0.29, 0.717) is 22.6 Å². The molecule has 0 spiro atoms. The first kappa shape index (κ1) is 32.4. The van der Waals surface area contributed by atoms with Crippen LogP contribution in [0.2, 0.25) is 0 Å². The summed E-state index contributed by atoms with van der Waals surface area (Å²) in [7, 11) is 0. The van der Waals surface area contributed by atoms with E-state index in [2.05, 4.69) is 76.9 Å². The van der Waals surface area contributed by atoms with Crippen molar-refractivity contribution in [1.82, 2.24) is 9.55 Å². The van der Waals surface area contributed by atoms with Gasteiger partial charge in [0.25, 0.3) is 0 Å². The predicted octanol–water partition coefficient (Wildman–Crippen LogP) is 19.2. The topological polar surface area (TPSA) is 33.5 Å². The van der Waals surface area contributed by atoms with E-state index >= 15 is 0 Å². The van der Waals surface area contributed by atoms with Crippen LogP contribution >= 0.6 is 0 Å². The van der Waals surface area contributed by atoms with Crippen molar-refractivity contribution in [1.29, 1.82) is 0 Å². The van der Waals surface area contributed by atoms with Crippen molar-refractivity contribution in [2.45, 2.75) is 105 Å². The second-order valence-corrected chi connectivity index (χ2v) is 22.8. The van der Waals surface area contributed by atoms with Gasteiger partial charge >= 0.3 is 0 Å².